The molecular formula is C19H37N3. The van der Waals surface area contributed by atoms with E-state index < -0.39 is 0 Å². The average Bonchev–Trinajstić information content (AvgIpc) is 2.97. The first kappa shape index (κ1) is 19.1. The van der Waals surface area contributed by atoms with Crippen LogP contribution in [0.15, 0.2) is 24.6 Å². The maximum Gasteiger partial charge on any atom is 0.0995 e. The van der Waals surface area contributed by atoms with Crippen molar-refractivity contribution in [3.05, 3.63) is 24.6 Å². The Balaban J connectivity index is 1.88. The first-order valence-corrected chi connectivity index (χ1v) is 9.36. The molecule has 1 aliphatic heterocycles. The summed E-state index contributed by atoms with van der Waals surface area (Å²) in [6.07, 6.45) is 23.8. The predicted octanol–water partition coefficient (Wildman–Crippen LogP) is 4.86. The van der Waals surface area contributed by atoms with E-state index in [2.05, 4.69) is 35.5 Å². The standard InChI is InChI=1S/C19H37N3/c1-3-4-5-6-7-8-9-10-11-12-13-14-15-19-21-16-17-22(19)18(2)20/h7-8,16-19,21H,3-6,9-15,20H2,1-2H3/b8-7+. The van der Waals surface area contributed by atoms with Gasteiger partial charge in [0.15, 0.2) is 0 Å². The number of rotatable bonds is 13. The Labute approximate surface area is 138 Å². The lowest BCUT2D eigenvalue weighted by Gasteiger charge is -2.28. The molecule has 1 rings (SSSR count). The molecule has 1 heterocycles. The van der Waals surface area contributed by atoms with Crippen molar-refractivity contribution < 1.29 is 0 Å². The molecule has 3 N–H and O–H groups in total. The van der Waals surface area contributed by atoms with Gasteiger partial charge in [-0.05, 0) is 45.4 Å². The van der Waals surface area contributed by atoms with E-state index >= 15 is 0 Å². The molecule has 2 atom stereocenters. The molecule has 0 aromatic rings. The molecule has 128 valence electrons. The lowest BCUT2D eigenvalue weighted by atomic mass is 10.1. The zero-order valence-electron chi connectivity index (χ0n) is 14.8. The van der Waals surface area contributed by atoms with Crippen LogP contribution in [0, 0.1) is 0 Å². The van der Waals surface area contributed by atoms with E-state index in [4.69, 9.17) is 5.73 Å². The molecule has 0 fully saturated rings. The minimum Gasteiger partial charge on any atom is -0.370 e. The van der Waals surface area contributed by atoms with Crippen LogP contribution in [-0.2, 0) is 0 Å². The molecule has 0 saturated carbocycles. The van der Waals surface area contributed by atoms with Gasteiger partial charge in [0.25, 0.3) is 0 Å². The van der Waals surface area contributed by atoms with Crippen molar-refractivity contribution in [2.45, 2.75) is 96.8 Å². The highest BCUT2D eigenvalue weighted by Gasteiger charge is 2.20. The first-order chi connectivity index (χ1) is 10.8. The third-order valence-corrected chi connectivity index (χ3v) is 4.35. The maximum absolute atomic E-state index is 5.95. The highest BCUT2D eigenvalue weighted by molar-refractivity contribution is 4.95. The molecule has 0 aliphatic carbocycles. The van der Waals surface area contributed by atoms with E-state index in [9.17, 15) is 0 Å². The van der Waals surface area contributed by atoms with Crippen LogP contribution in [0.1, 0.15) is 84.5 Å². The van der Waals surface area contributed by atoms with Crippen molar-refractivity contribution in [1.82, 2.24) is 10.2 Å². The smallest absolute Gasteiger partial charge is 0.0995 e. The van der Waals surface area contributed by atoms with Gasteiger partial charge in [0.2, 0.25) is 0 Å². The molecule has 0 spiro atoms. The van der Waals surface area contributed by atoms with Gasteiger partial charge in [0, 0.05) is 12.4 Å². The molecule has 0 amide bonds. The van der Waals surface area contributed by atoms with E-state index in [1.54, 1.807) is 0 Å². The normalized spacial score (nSPS) is 19.0. The van der Waals surface area contributed by atoms with Crippen LogP contribution in [0.25, 0.3) is 0 Å². The van der Waals surface area contributed by atoms with E-state index in [0.717, 1.165) is 0 Å². The van der Waals surface area contributed by atoms with Crippen molar-refractivity contribution in [2.75, 3.05) is 0 Å². The highest BCUT2D eigenvalue weighted by atomic mass is 15.3. The van der Waals surface area contributed by atoms with E-state index in [1.165, 1.54) is 70.6 Å². The Hall–Kier alpha value is -0.960. The Morgan fingerprint density at radius 3 is 2.36 bits per heavy atom. The second-order valence-electron chi connectivity index (χ2n) is 6.50. The fourth-order valence-electron chi connectivity index (χ4n) is 2.96. The van der Waals surface area contributed by atoms with Gasteiger partial charge in [-0.15, -0.1) is 0 Å². The van der Waals surface area contributed by atoms with Crippen LogP contribution in [-0.4, -0.2) is 17.2 Å². The predicted molar refractivity (Wildman–Crippen MR) is 97.2 cm³/mol. The summed E-state index contributed by atoms with van der Waals surface area (Å²) in [4.78, 5) is 2.21. The van der Waals surface area contributed by atoms with Gasteiger partial charge >= 0.3 is 0 Å². The SMILES string of the molecule is CCCCC/C=C/CCCCCCCC1NC=CN1C(C)N. The second-order valence-corrected chi connectivity index (χ2v) is 6.50. The van der Waals surface area contributed by atoms with Crippen molar-refractivity contribution in [3.63, 3.8) is 0 Å². The molecule has 3 heteroatoms. The van der Waals surface area contributed by atoms with Crippen molar-refractivity contribution >= 4 is 0 Å². The molecule has 1 aliphatic rings. The first-order valence-electron chi connectivity index (χ1n) is 9.36. The summed E-state index contributed by atoms with van der Waals surface area (Å²) in [6.45, 7) is 4.30. The molecule has 0 aromatic heterocycles. The van der Waals surface area contributed by atoms with Crippen LogP contribution < -0.4 is 11.1 Å². The molecule has 0 radical (unpaired) electrons. The van der Waals surface area contributed by atoms with Crippen molar-refractivity contribution in [2.24, 2.45) is 5.73 Å². The number of allylic oxidation sites excluding steroid dienone is 2. The quantitative estimate of drug-likeness (QED) is 0.377. The lowest BCUT2D eigenvalue weighted by molar-refractivity contribution is 0.208. The van der Waals surface area contributed by atoms with E-state index in [-0.39, 0.29) is 6.17 Å². The number of nitrogens with one attached hydrogen (secondary N) is 1. The largest absolute Gasteiger partial charge is 0.370 e. The number of unbranched alkanes of at least 4 members (excludes halogenated alkanes) is 8. The fraction of sp³-hybridized carbons (Fsp3) is 0.789. The number of hydrogen-bond donors (Lipinski definition) is 2. The van der Waals surface area contributed by atoms with Crippen molar-refractivity contribution in [1.29, 1.82) is 0 Å². The summed E-state index contributed by atoms with van der Waals surface area (Å²) >= 11 is 0. The Bertz CT molecular complexity index is 310. The summed E-state index contributed by atoms with van der Waals surface area (Å²) in [7, 11) is 0. The minimum atomic E-state index is 0.0976. The molecule has 0 bridgehead atoms. The zero-order chi connectivity index (χ0) is 16.0. The van der Waals surface area contributed by atoms with Gasteiger partial charge in [-0.2, -0.15) is 0 Å². The molecule has 22 heavy (non-hydrogen) atoms. The molecule has 0 aromatic carbocycles. The highest BCUT2D eigenvalue weighted by Crippen LogP contribution is 2.15. The molecule has 0 saturated heterocycles. The second kappa shape index (κ2) is 12.6. The van der Waals surface area contributed by atoms with Crippen LogP contribution in [0.2, 0.25) is 0 Å². The Kier molecular flexibility index (Phi) is 10.9. The van der Waals surface area contributed by atoms with Crippen molar-refractivity contribution in [3.8, 4) is 0 Å². The number of nitrogens with two attached hydrogens (primary N) is 1. The fourth-order valence-corrected chi connectivity index (χ4v) is 2.96. The number of nitrogens with zero attached hydrogens (tertiary/aromatic N) is 1. The summed E-state index contributed by atoms with van der Waals surface area (Å²) in [6, 6.07) is 0. The van der Waals surface area contributed by atoms with Gasteiger partial charge in [-0.1, -0.05) is 51.2 Å². The van der Waals surface area contributed by atoms with E-state index in [0.29, 0.717) is 6.17 Å². The van der Waals surface area contributed by atoms with Crippen LogP contribution in [0.4, 0.5) is 0 Å². The van der Waals surface area contributed by atoms with E-state index in [1.807, 2.05) is 13.1 Å². The summed E-state index contributed by atoms with van der Waals surface area (Å²) in [5.74, 6) is 0. The van der Waals surface area contributed by atoms with Crippen LogP contribution >= 0.6 is 0 Å². The maximum atomic E-state index is 5.95. The average molecular weight is 308 g/mol. The summed E-state index contributed by atoms with van der Waals surface area (Å²) in [5, 5.41) is 3.38. The minimum absolute atomic E-state index is 0.0976. The monoisotopic (exact) mass is 307 g/mol. The lowest BCUT2D eigenvalue weighted by Crippen LogP contribution is -2.44. The molecule has 3 nitrogen and oxygen atoms in total. The van der Waals surface area contributed by atoms with Gasteiger partial charge in [-0.3, -0.25) is 0 Å². The molecular weight excluding hydrogens is 270 g/mol. The molecule has 2 unspecified atom stereocenters. The third kappa shape index (κ3) is 8.47. The van der Waals surface area contributed by atoms with Crippen LogP contribution in [0.3, 0.4) is 0 Å². The summed E-state index contributed by atoms with van der Waals surface area (Å²) in [5.41, 5.74) is 5.95. The van der Waals surface area contributed by atoms with Crippen LogP contribution in [0.5, 0.6) is 0 Å². The van der Waals surface area contributed by atoms with Gasteiger partial charge < -0.3 is 16.0 Å². The zero-order valence-corrected chi connectivity index (χ0v) is 14.8. The summed E-state index contributed by atoms with van der Waals surface area (Å²) < 4.78 is 0. The topological polar surface area (TPSA) is 41.3 Å². The Morgan fingerprint density at radius 2 is 1.68 bits per heavy atom. The third-order valence-electron chi connectivity index (χ3n) is 4.35. The van der Waals surface area contributed by atoms with Gasteiger partial charge in [0.05, 0.1) is 12.3 Å². The number of hydrogen-bond acceptors (Lipinski definition) is 3. The Morgan fingerprint density at radius 1 is 1.05 bits per heavy atom. The van der Waals surface area contributed by atoms with Gasteiger partial charge in [0.1, 0.15) is 0 Å². The van der Waals surface area contributed by atoms with Gasteiger partial charge in [-0.25, -0.2) is 0 Å².